The second-order valence-electron chi connectivity index (χ2n) is 7.44. The largest absolute Gasteiger partial charge is 0.433 e. The molecule has 0 saturated carbocycles. The van der Waals surface area contributed by atoms with Gasteiger partial charge in [0.1, 0.15) is 5.58 Å². The first-order valence-electron chi connectivity index (χ1n) is 9.88. The van der Waals surface area contributed by atoms with E-state index in [1.807, 2.05) is 0 Å². The lowest BCUT2D eigenvalue weighted by Crippen LogP contribution is -2.16. The zero-order chi connectivity index (χ0) is 25.8. The Labute approximate surface area is 199 Å². The fourth-order valence-corrected chi connectivity index (χ4v) is 4.19. The van der Waals surface area contributed by atoms with E-state index in [4.69, 9.17) is 4.42 Å². The van der Waals surface area contributed by atoms with Gasteiger partial charge in [-0.25, -0.2) is 14.3 Å². The lowest BCUT2D eigenvalue weighted by molar-refractivity contribution is -0.142. The standard InChI is InChI=1S/C22H10F6N4O3S/c23-21(24,25)12-7-19(33)35-15-6-10(3-4-11(12)15)29-20(34)14-9-18-30-13(16-2-1-5-36-16)8-17(22(26,27)28)32(18)31-14/h1-9H,(H,29,34). The van der Waals surface area contributed by atoms with Crippen molar-refractivity contribution < 1.29 is 35.6 Å². The van der Waals surface area contributed by atoms with Gasteiger partial charge in [-0.3, -0.25) is 4.79 Å². The minimum absolute atomic E-state index is 0.0432. The number of hydrogen-bond donors (Lipinski definition) is 1. The van der Waals surface area contributed by atoms with E-state index in [0.29, 0.717) is 15.5 Å². The van der Waals surface area contributed by atoms with Crippen LogP contribution in [-0.4, -0.2) is 20.5 Å². The summed E-state index contributed by atoms with van der Waals surface area (Å²) in [6.07, 6.45) is -9.63. The molecule has 0 aliphatic rings. The third-order valence-electron chi connectivity index (χ3n) is 5.03. The first-order chi connectivity index (χ1) is 16.9. The molecule has 0 unspecified atom stereocenters. The lowest BCUT2D eigenvalue weighted by atomic mass is 10.1. The first kappa shape index (κ1) is 23.5. The molecule has 0 spiro atoms. The zero-order valence-corrected chi connectivity index (χ0v) is 18.3. The summed E-state index contributed by atoms with van der Waals surface area (Å²) >= 11 is 1.18. The molecule has 0 aliphatic heterocycles. The predicted octanol–water partition coefficient (Wildman–Crippen LogP) is 5.85. The maximum Gasteiger partial charge on any atom is 0.433 e. The number of amides is 1. The summed E-state index contributed by atoms with van der Waals surface area (Å²) in [4.78, 5) is 28.9. The molecule has 0 radical (unpaired) electrons. The Hall–Kier alpha value is -4.20. The first-order valence-corrected chi connectivity index (χ1v) is 10.8. The van der Waals surface area contributed by atoms with Gasteiger partial charge in [-0.15, -0.1) is 11.3 Å². The molecule has 0 atom stereocenters. The number of halogens is 6. The van der Waals surface area contributed by atoms with Crippen molar-refractivity contribution in [3.63, 3.8) is 0 Å². The number of carbonyl (C=O) groups excluding carboxylic acids is 1. The summed E-state index contributed by atoms with van der Waals surface area (Å²) in [5.41, 5.74) is -4.74. The Morgan fingerprint density at radius 1 is 1.00 bits per heavy atom. The normalized spacial score (nSPS) is 12.4. The maximum absolute atomic E-state index is 13.7. The molecule has 4 aromatic heterocycles. The highest BCUT2D eigenvalue weighted by Gasteiger charge is 2.36. The predicted molar refractivity (Wildman–Crippen MR) is 117 cm³/mol. The minimum atomic E-state index is -4.82. The molecule has 7 nitrogen and oxygen atoms in total. The Morgan fingerprint density at radius 2 is 1.78 bits per heavy atom. The molecule has 184 valence electrons. The van der Waals surface area contributed by atoms with Crippen LogP contribution < -0.4 is 10.9 Å². The number of nitrogens with zero attached hydrogens (tertiary/aromatic N) is 3. The van der Waals surface area contributed by atoms with E-state index < -0.39 is 51.8 Å². The molecule has 4 heterocycles. The van der Waals surface area contributed by atoms with E-state index in [2.05, 4.69) is 15.4 Å². The highest BCUT2D eigenvalue weighted by Crippen LogP contribution is 2.35. The van der Waals surface area contributed by atoms with Gasteiger partial charge < -0.3 is 9.73 Å². The van der Waals surface area contributed by atoms with E-state index >= 15 is 0 Å². The molecule has 0 fully saturated rings. The van der Waals surface area contributed by atoms with E-state index in [0.717, 1.165) is 30.3 Å². The number of carbonyl (C=O) groups is 1. The second-order valence-corrected chi connectivity index (χ2v) is 8.39. The fraction of sp³-hybridized carbons (Fsp3) is 0.0909. The number of fused-ring (bicyclic) bond motifs is 2. The van der Waals surface area contributed by atoms with Crippen molar-refractivity contribution in [3.05, 3.63) is 81.3 Å². The molecule has 1 aromatic carbocycles. The summed E-state index contributed by atoms with van der Waals surface area (Å²) in [5, 5.41) is 7.31. The van der Waals surface area contributed by atoms with Gasteiger partial charge >= 0.3 is 18.0 Å². The molecule has 5 rings (SSSR count). The van der Waals surface area contributed by atoms with Gasteiger partial charge in [0.05, 0.1) is 16.1 Å². The van der Waals surface area contributed by atoms with Crippen molar-refractivity contribution >= 4 is 39.5 Å². The summed E-state index contributed by atoms with van der Waals surface area (Å²) in [6, 6.07) is 8.53. The number of rotatable bonds is 3. The Morgan fingerprint density at radius 3 is 2.44 bits per heavy atom. The monoisotopic (exact) mass is 524 g/mol. The number of aromatic nitrogens is 3. The SMILES string of the molecule is O=C(Nc1ccc2c(C(F)(F)F)cc(=O)oc2c1)c1cc2nc(-c3cccs3)cc(C(F)(F)F)n2n1. The van der Waals surface area contributed by atoms with E-state index in [1.165, 1.54) is 11.3 Å². The average molecular weight is 524 g/mol. The van der Waals surface area contributed by atoms with Gasteiger partial charge in [-0.2, -0.15) is 31.4 Å². The highest BCUT2D eigenvalue weighted by molar-refractivity contribution is 7.13. The topological polar surface area (TPSA) is 89.5 Å². The summed E-state index contributed by atoms with van der Waals surface area (Å²) in [6.45, 7) is 0. The van der Waals surface area contributed by atoms with Gasteiger partial charge in [-0.05, 0) is 29.6 Å². The smallest absolute Gasteiger partial charge is 0.423 e. The minimum Gasteiger partial charge on any atom is -0.423 e. The number of benzene rings is 1. The number of thiophene rings is 1. The van der Waals surface area contributed by atoms with Crippen molar-refractivity contribution in [1.29, 1.82) is 0 Å². The molecular formula is C22H10F6N4O3S. The van der Waals surface area contributed by atoms with Crippen LogP contribution in [-0.2, 0) is 12.4 Å². The quantitative estimate of drug-likeness (QED) is 0.236. The second kappa shape index (κ2) is 8.19. The van der Waals surface area contributed by atoms with Crippen molar-refractivity contribution in [2.75, 3.05) is 5.32 Å². The Balaban J connectivity index is 1.53. The van der Waals surface area contributed by atoms with E-state index in [-0.39, 0.29) is 17.0 Å². The van der Waals surface area contributed by atoms with Crippen LogP contribution in [0.25, 0.3) is 27.2 Å². The molecular weight excluding hydrogens is 514 g/mol. The number of anilines is 1. The van der Waals surface area contributed by atoms with Crippen molar-refractivity contribution in [1.82, 2.24) is 14.6 Å². The summed E-state index contributed by atoms with van der Waals surface area (Å²) in [7, 11) is 0. The van der Waals surface area contributed by atoms with Crippen LogP contribution in [0.2, 0.25) is 0 Å². The van der Waals surface area contributed by atoms with Crippen LogP contribution in [0, 0.1) is 0 Å². The van der Waals surface area contributed by atoms with E-state index in [9.17, 15) is 35.9 Å². The Bertz CT molecular complexity index is 1690. The van der Waals surface area contributed by atoms with E-state index in [1.54, 1.807) is 17.5 Å². The molecule has 1 N–H and O–H groups in total. The van der Waals surface area contributed by atoms with Gasteiger partial charge in [0, 0.05) is 29.3 Å². The highest BCUT2D eigenvalue weighted by atomic mass is 32.1. The number of hydrogen-bond acceptors (Lipinski definition) is 6. The molecule has 0 aliphatic carbocycles. The maximum atomic E-state index is 13.7. The van der Waals surface area contributed by atoms with Crippen molar-refractivity contribution in [3.8, 4) is 10.6 Å². The average Bonchev–Trinajstić information content (AvgIpc) is 3.46. The molecule has 0 bridgehead atoms. The molecule has 36 heavy (non-hydrogen) atoms. The van der Waals surface area contributed by atoms with Gasteiger partial charge in [0.15, 0.2) is 17.0 Å². The van der Waals surface area contributed by atoms with Gasteiger partial charge in [0.25, 0.3) is 5.91 Å². The summed E-state index contributed by atoms with van der Waals surface area (Å²) in [5.74, 6) is -0.958. The zero-order valence-electron chi connectivity index (χ0n) is 17.4. The molecule has 1 amide bonds. The van der Waals surface area contributed by atoms with Crippen molar-refractivity contribution in [2.24, 2.45) is 0 Å². The summed E-state index contributed by atoms with van der Waals surface area (Å²) < 4.78 is 86.0. The third-order valence-corrected chi connectivity index (χ3v) is 5.92. The third kappa shape index (κ3) is 4.30. The van der Waals surface area contributed by atoms with Crippen LogP contribution in [0.3, 0.4) is 0 Å². The Kier molecular flexibility index (Phi) is 5.35. The van der Waals surface area contributed by atoms with Gasteiger partial charge in [-0.1, -0.05) is 6.07 Å². The molecule has 5 aromatic rings. The van der Waals surface area contributed by atoms with Gasteiger partial charge in [0.2, 0.25) is 0 Å². The molecule has 14 heteroatoms. The fourth-order valence-electron chi connectivity index (χ4n) is 3.51. The lowest BCUT2D eigenvalue weighted by Gasteiger charge is -2.10. The van der Waals surface area contributed by atoms with Crippen LogP contribution in [0.1, 0.15) is 21.7 Å². The number of alkyl halides is 6. The van der Waals surface area contributed by atoms with Crippen LogP contribution in [0.15, 0.2) is 63.1 Å². The van der Waals surface area contributed by atoms with Crippen LogP contribution in [0.5, 0.6) is 0 Å². The van der Waals surface area contributed by atoms with Crippen molar-refractivity contribution in [2.45, 2.75) is 12.4 Å². The number of nitrogens with one attached hydrogen (secondary N) is 1. The van der Waals surface area contributed by atoms with Crippen LogP contribution in [0.4, 0.5) is 32.0 Å². The molecule has 0 saturated heterocycles. The van der Waals surface area contributed by atoms with Crippen LogP contribution >= 0.6 is 11.3 Å².